The quantitative estimate of drug-likeness (QED) is 0.530. The van der Waals surface area contributed by atoms with Crippen molar-refractivity contribution in [3.05, 3.63) is 87.6 Å². The number of para-hydroxylation sites is 1. The number of rotatable bonds is 5. The zero-order valence-electron chi connectivity index (χ0n) is 17.6. The Morgan fingerprint density at radius 2 is 1.81 bits per heavy atom. The zero-order valence-corrected chi connectivity index (χ0v) is 17.6. The van der Waals surface area contributed by atoms with Gasteiger partial charge in [0.05, 0.1) is 17.1 Å². The van der Waals surface area contributed by atoms with Crippen molar-refractivity contribution in [3.63, 3.8) is 0 Å². The van der Waals surface area contributed by atoms with E-state index < -0.39 is 11.7 Å². The van der Waals surface area contributed by atoms with E-state index in [0.29, 0.717) is 12.1 Å². The molecule has 0 unspecified atom stereocenters. The fourth-order valence-electron chi connectivity index (χ4n) is 3.74. The number of pyridine rings is 1. The number of benzene rings is 2. The number of fused-ring (bicyclic) bond motifs is 1. The van der Waals surface area contributed by atoms with Gasteiger partial charge in [-0.1, -0.05) is 36.8 Å². The minimum atomic E-state index is -0.532. The van der Waals surface area contributed by atoms with Gasteiger partial charge in [-0.25, -0.2) is 9.07 Å². The minimum Gasteiger partial charge on any atom is -0.322 e. The lowest BCUT2D eigenvalue weighted by Crippen LogP contribution is -2.29. The van der Waals surface area contributed by atoms with Crippen molar-refractivity contribution in [1.82, 2.24) is 14.3 Å². The second kappa shape index (κ2) is 8.18. The molecule has 4 rings (SSSR count). The highest BCUT2D eigenvalue weighted by Crippen LogP contribution is 2.25. The molecule has 0 aliphatic rings. The van der Waals surface area contributed by atoms with Crippen LogP contribution in [0.1, 0.15) is 23.7 Å². The van der Waals surface area contributed by atoms with E-state index in [0.717, 1.165) is 27.9 Å². The van der Waals surface area contributed by atoms with Gasteiger partial charge in [-0.2, -0.15) is 5.10 Å². The predicted octanol–water partition coefficient (Wildman–Crippen LogP) is 4.14. The first-order valence-corrected chi connectivity index (χ1v) is 10.1. The summed E-state index contributed by atoms with van der Waals surface area (Å²) in [5.74, 6) is -1.03. The van der Waals surface area contributed by atoms with Crippen LogP contribution in [-0.2, 0) is 17.8 Å². The van der Waals surface area contributed by atoms with Crippen LogP contribution in [0.25, 0.3) is 16.7 Å². The van der Waals surface area contributed by atoms with Gasteiger partial charge in [0, 0.05) is 11.5 Å². The third kappa shape index (κ3) is 3.86. The average molecular weight is 418 g/mol. The second-order valence-electron chi connectivity index (χ2n) is 7.51. The summed E-state index contributed by atoms with van der Waals surface area (Å²) >= 11 is 0. The number of aromatic nitrogens is 3. The Hall–Kier alpha value is -3.74. The molecule has 1 N–H and O–H groups in total. The van der Waals surface area contributed by atoms with E-state index in [2.05, 4.69) is 10.4 Å². The molecule has 0 fully saturated rings. The summed E-state index contributed by atoms with van der Waals surface area (Å²) in [6, 6.07) is 15.3. The Labute approximate surface area is 178 Å². The molecule has 0 aliphatic carbocycles. The van der Waals surface area contributed by atoms with Crippen molar-refractivity contribution in [1.29, 1.82) is 0 Å². The van der Waals surface area contributed by atoms with Crippen LogP contribution in [-0.4, -0.2) is 20.3 Å². The Kier molecular flexibility index (Phi) is 5.42. The largest absolute Gasteiger partial charge is 0.322 e. The van der Waals surface area contributed by atoms with Crippen molar-refractivity contribution in [2.45, 2.75) is 33.7 Å². The van der Waals surface area contributed by atoms with Crippen LogP contribution in [0, 0.1) is 19.7 Å². The molecule has 1 amide bonds. The van der Waals surface area contributed by atoms with Gasteiger partial charge in [-0.15, -0.1) is 0 Å². The maximum Gasteiger partial charge on any atom is 0.252 e. The molecular weight excluding hydrogens is 395 g/mol. The van der Waals surface area contributed by atoms with Crippen molar-refractivity contribution >= 4 is 22.6 Å². The van der Waals surface area contributed by atoms with Crippen molar-refractivity contribution < 1.29 is 9.18 Å². The number of amides is 1. The molecule has 0 radical (unpaired) electrons. The molecule has 4 aromatic rings. The number of hydrogen-bond acceptors (Lipinski definition) is 3. The fourth-order valence-corrected chi connectivity index (χ4v) is 3.74. The summed E-state index contributed by atoms with van der Waals surface area (Å²) in [5.41, 5.74) is 3.87. The lowest BCUT2D eigenvalue weighted by Gasteiger charge is -2.13. The number of carbonyl (C=O) groups is 1. The number of halogens is 1. The molecule has 7 heteroatoms. The normalized spacial score (nSPS) is 11.1. The lowest BCUT2D eigenvalue weighted by atomic mass is 10.1. The zero-order chi connectivity index (χ0) is 22.1. The molecule has 0 atom stereocenters. The molecule has 0 saturated heterocycles. The fraction of sp³-hybridized carbons (Fsp3) is 0.208. The van der Waals surface area contributed by atoms with E-state index in [1.807, 2.05) is 45.0 Å². The first-order chi connectivity index (χ1) is 14.9. The third-order valence-corrected chi connectivity index (χ3v) is 5.29. The summed E-state index contributed by atoms with van der Waals surface area (Å²) in [6.07, 6.45) is 0.661. The van der Waals surface area contributed by atoms with Crippen LogP contribution in [0.2, 0.25) is 0 Å². The Morgan fingerprint density at radius 1 is 1.10 bits per heavy atom. The third-order valence-electron chi connectivity index (χ3n) is 5.29. The maximum atomic E-state index is 13.9. The Morgan fingerprint density at radius 3 is 2.48 bits per heavy atom. The molecule has 0 spiro atoms. The maximum absolute atomic E-state index is 13.9. The topological polar surface area (TPSA) is 68.9 Å². The number of aryl methyl sites for hydroxylation is 3. The second-order valence-corrected chi connectivity index (χ2v) is 7.51. The number of hydrogen-bond donors (Lipinski definition) is 1. The van der Waals surface area contributed by atoms with Gasteiger partial charge < -0.3 is 5.32 Å². The van der Waals surface area contributed by atoms with Crippen LogP contribution >= 0.6 is 0 Å². The van der Waals surface area contributed by atoms with Crippen LogP contribution < -0.4 is 10.9 Å². The van der Waals surface area contributed by atoms with Gasteiger partial charge in [-0.3, -0.25) is 14.2 Å². The van der Waals surface area contributed by atoms with E-state index in [9.17, 15) is 14.0 Å². The molecule has 0 aliphatic heterocycles. The van der Waals surface area contributed by atoms with Crippen molar-refractivity contribution in [2.24, 2.45) is 0 Å². The van der Waals surface area contributed by atoms with E-state index >= 15 is 0 Å². The first kappa shape index (κ1) is 20.5. The first-order valence-electron chi connectivity index (χ1n) is 10.1. The van der Waals surface area contributed by atoms with Gasteiger partial charge in [0.25, 0.3) is 5.56 Å². The van der Waals surface area contributed by atoms with Crippen LogP contribution in [0.4, 0.5) is 10.1 Å². The average Bonchev–Trinajstić information content (AvgIpc) is 3.09. The SMILES string of the molecule is CCc1cc(=O)n(CC(=O)Nc2ccccc2F)c2c1c(C)nn2-c1ccc(C)cc1. The Balaban J connectivity index is 1.85. The monoisotopic (exact) mass is 418 g/mol. The van der Waals surface area contributed by atoms with E-state index in [1.54, 1.807) is 22.9 Å². The standard InChI is InChI=1S/C24H23FN4O2/c1-4-17-13-22(31)28(14-21(30)26-20-8-6-5-7-19(20)25)24-23(17)16(3)27-29(24)18-11-9-15(2)10-12-18/h5-13H,4,14H2,1-3H3,(H,26,30). The minimum absolute atomic E-state index is 0.0743. The molecule has 158 valence electrons. The molecule has 0 bridgehead atoms. The van der Waals surface area contributed by atoms with E-state index in [1.165, 1.54) is 16.7 Å². The van der Waals surface area contributed by atoms with Crippen molar-refractivity contribution in [3.8, 4) is 5.69 Å². The highest BCUT2D eigenvalue weighted by Gasteiger charge is 2.20. The van der Waals surface area contributed by atoms with Crippen LogP contribution in [0.5, 0.6) is 0 Å². The van der Waals surface area contributed by atoms with Crippen LogP contribution in [0.3, 0.4) is 0 Å². The Bertz CT molecular complexity index is 1340. The molecule has 2 aromatic carbocycles. The number of nitrogens with one attached hydrogen (secondary N) is 1. The summed E-state index contributed by atoms with van der Waals surface area (Å²) in [7, 11) is 0. The summed E-state index contributed by atoms with van der Waals surface area (Å²) < 4.78 is 17.0. The van der Waals surface area contributed by atoms with Gasteiger partial charge >= 0.3 is 0 Å². The number of anilines is 1. The summed E-state index contributed by atoms with van der Waals surface area (Å²) in [4.78, 5) is 25.7. The highest BCUT2D eigenvalue weighted by atomic mass is 19.1. The molecule has 2 heterocycles. The molecule has 31 heavy (non-hydrogen) atoms. The van der Waals surface area contributed by atoms with Crippen LogP contribution in [0.15, 0.2) is 59.4 Å². The van der Waals surface area contributed by atoms with E-state index in [-0.39, 0.29) is 17.8 Å². The smallest absolute Gasteiger partial charge is 0.252 e. The molecule has 2 aromatic heterocycles. The number of nitrogens with zero attached hydrogens (tertiary/aromatic N) is 3. The van der Waals surface area contributed by atoms with Gasteiger partial charge in [0.15, 0.2) is 0 Å². The predicted molar refractivity (Wildman–Crippen MR) is 119 cm³/mol. The molecular formula is C24H23FN4O2. The highest BCUT2D eigenvalue weighted by molar-refractivity contribution is 5.92. The van der Waals surface area contributed by atoms with Crippen molar-refractivity contribution in [2.75, 3.05) is 5.32 Å². The van der Waals surface area contributed by atoms with Gasteiger partial charge in [-0.05, 0) is 50.1 Å². The molecule has 0 saturated carbocycles. The lowest BCUT2D eigenvalue weighted by molar-refractivity contribution is -0.116. The summed E-state index contributed by atoms with van der Waals surface area (Å²) in [5, 5.41) is 8.07. The number of carbonyl (C=O) groups excluding carboxylic acids is 1. The summed E-state index contributed by atoms with van der Waals surface area (Å²) in [6.45, 7) is 5.60. The van der Waals surface area contributed by atoms with Gasteiger partial charge in [0.2, 0.25) is 5.91 Å². The van der Waals surface area contributed by atoms with Gasteiger partial charge in [0.1, 0.15) is 18.0 Å². The van der Waals surface area contributed by atoms with E-state index in [4.69, 9.17) is 0 Å². The molecule has 6 nitrogen and oxygen atoms in total.